The van der Waals surface area contributed by atoms with E-state index < -0.39 is 11.4 Å². The molecule has 0 aromatic heterocycles. The van der Waals surface area contributed by atoms with Crippen molar-refractivity contribution in [3.8, 4) is 0 Å². The van der Waals surface area contributed by atoms with Gasteiger partial charge in [-0.25, -0.2) is 0 Å². The van der Waals surface area contributed by atoms with E-state index in [1.807, 2.05) is 11.8 Å². The summed E-state index contributed by atoms with van der Waals surface area (Å²) in [6.07, 6.45) is 5.54. The van der Waals surface area contributed by atoms with Crippen LogP contribution in [0.25, 0.3) is 0 Å². The van der Waals surface area contributed by atoms with Gasteiger partial charge in [-0.2, -0.15) is 0 Å². The predicted molar refractivity (Wildman–Crippen MR) is 76.1 cm³/mol. The van der Waals surface area contributed by atoms with Crippen molar-refractivity contribution >= 4 is 11.9 Å². The van der Waals surface area contributed by atoms with Crippen LogP contribution in [0.15, 0.2) is 0 Å². The number of carbonyl (C=O) groups is 2. The molecule has 1 aliphatic carbocycles. The van der Waals surface area contributed by atoms with Crippen LogP contribution in [0, 0.1) is 11.3 Å². The lowest BCUT2D eigenvalue weighted by Gasteiger charge is -2.40. The van der Waals surface area contributed by atoms with Gasteiger partial charge in [0.2, 0.25) is 5.91 Å². The van der Waals surface area contributed by atoms with Gasteiger partial charge in [0.1, 0.15) is 0 Å². The van der Waals surface area contributed by atoms with E-state index in [0.29, 0.717) is 32.4 Å². The Bertz CT molecular complexity index is 375. The Morgan fingerprint density at radius 1 is 1.30 bits per heavy atom. The molecule has 1 saturated carbocycles. The average Bonchev–Trinajstić information content (AvgIpc) is 2.46. The number of carboxylic acid groups (broad SMARTS) is 1. The standard InChI is InChI=1S/C15H26N2O3/c1-2-15(14(19)20)6-8-17(9-7-15)13(18)11-4-3-5-12(16)10-11/h11-12H,2-10,16H2,1H3,(H,19,20). The fourth-order valence-corrected chi connectivity index (χ4v) is 3.58. The Morgan fingerprint density at radius 2 is 1.95 bits per heavy atom. The summed E-state index contributed by atoms with van der Waals surface area (Å²) in [6.45, 7) is 3.07. The maximum Gasteiger partial charge on any atom is 0.309 e. The third-order valence-corrected chi connectivity index (χ3v) is 5.23. The molecular weight excluding hydrogens is 256 g/mol. The van der Waals surface area contributed by atoms with Crippen molar-refractivity contribution in [1.29, 1.82) is 0 Å². The molecule has 2 atom stereocenters. The SMILES string of the molecule is CCC1(C(=O)O)CCN(C(=O)C2CCCC(N)C2)CC1. The Hall–Kier alpha value is -1.10. The third-order valence-electron chi connectivity index (χ3n) is 5.23. The Labute approximate surface area is 120 Å². The highest BCUT2D eigenvalue weighted by molar-refractivity contribution is 5.80. The molecule has 3 N–H and O–H groups in total. The first-order chi connectivity index (χ1) is 9.48. The normalized spacial score (nSPS) is 30.0. The number of hydrogen-bond donors (Lipinski definition) is 2. The second-order valence-corrected chi connectivity index (χ2v) is 6.39. The first-order valence-electron chi connectivity index (χ1n) is 7.76. The highest BCUT2D eigenvalue weighted by Gasteiger charge is 2.41. The Balaban J connectivity index is 1.93. The fraction of sp³-hybridized carbons (Fsp3) is 0.867. The molecule has 0 aromatic rings. The lowest BCUT2D eigenvalue weighted by Crippen LogP contribution is -2.49. The first kappa shape index (κ1) is 15.3. The van der Waals surface area contributed by atoms with Crippen LogP contribution in [0.5, 0.6) is 0 Å². The molecule has 1 heterocycles. The van der Waals surface area contributed by atoms with Gasteiger partial charge in [-0.1, -0.05) is 13.3 Å². The maximum absolute atomic E-state index is 12.5. The quantitative estimate of drug-likeness (QED) is 0.823. The van der Waals surface area contributed by atoms with Crippen LogP contribution in [0.4, 0.5) is 0 Å². The molecule has 1 amide bonds. The number of likely N-dealkylation sites (tertiary alicyclic amines) is 1. The molecule has 0 aromatic carbocycles. The summed E-state index contributed by atoms with van der Waals surface area (Å²) in [7, 11) is 0. The topological polar surface area (TPSA) is 83.6 Å². The summed E-state index contributed by atoms with van der Waals surface area (Å²) < 4.78 is 0. The molecule has 5 heteroatoms. The predicted octanol–water partition coefficient (Wildman–Crippen LogP) is 1.61. The molecule has 2 unspecified atom stereocenters. The summed E-state index contributed by atoms with van der Waals surface area (Å²) in [6, 6.07) is 0.149. The summed E-state index contributed by atoms with van der Waals surface area (Å²) in [5.74, 6) is -0.472. The van der Waals surface area contributed by atoms with Crippen LogP contribution in [-0.2, 0) is 9.59 Å². The lowest BCUT2D eigenvalue weighted by atomic mass is 9.75. The number of rotatable bonds is 3. The molecule has 2 rings (SSSR count). The molecule has 20 heavy (non-hydrogen) atoms. The molecule has 2 fully saturated rings. The zero-order chi connectivity index (χ0) is 14.8. The molecule has 2 aliphatic rings. The molecular formula is C15H26N2O3. The van der Waals surface area contributed by atoms with Crippen molar-refractivity contribution in [3.63, 3.8) is 0 Å². The molecule has 0 bridgehead atoms. The summed E-state index contributed by atoms with van der Waals surface area (Å²) >= 11 is 0. The van der Waals surface area contributed by atoms with Crippen molar-refractivity contribution < 1.29 is 14.7 Å². The van der Waals surface area contributed by atoms with E-state index in [-0.39, 0.29) is 17.9 Å². The van der Waals surface area contributed by atoms with Crippen molar-refractivity contribution in [2.45, 2.75) is 57.9 Å². The minimum atomic E-state index is -0.716. The van der Waals surface area contributed by atoms with Gasteiger partial charge in [-0.15, -0.1) is 0 Å². The van der Waals surface area contributed by atoms with Gasteiger partial charge >= 0.3 is 5.97 Å². The number of nitrogens with zero attached hydrogens (tertiary/aromatic N) is 1. The number of piperidine rings is 1. The Morgan fingerprint density at radius 3 is 2.45 bits per heavy atom. The largest absolute Gasteiger partial charge is 0.481 e. The van der Waals surface area contributed by atoms with Gasteiger partial charge in [0, 0.05) is 25.0 Å². The van der Waals surface area contributed by atoms with Gasteiger partial charge in [-0.3, -0.25) is 9.59 Å². The zero-order valence-electron chi connectivity index (χ0n) is 12.3. The molecule has 1 aliphatic heterocycles. The Kier molecular flexibility index (Phi) is 4.68. The summed E-state index contributed by atoms with van der Waals surface area (Å²) in [5.41, 5.74) is 5.32. The highest BCUT2D eigenvalue weighted by atomic mass is 16.4. The van der Waals surface area contributed by atoms with Crippen LogP contribution in [0.1, 0.15) is 51.9 Å². The van der Waals surface area contributed by atoms with Gasteiger partial charge in [-0.05, 0) is 38.5 Å². The summed E-state index contributed by atoms with van der Waals surface area (Å²) in [4.78, 5) is 25.8. The third kappa shape index (κ3) is 2.97. The lowest BCUT2D eigenvalue weighted by molar-refractivity contribution is -0.155. The van der Waals surface area contributed by atoms with E-state index in [4.69, 9.17) is 5.73 Å². The molecule has 114 valence electrons. The van der Waals surface area contributed by atoms with Crippen LogP contribution < -0.4 is 5.73 Å². The van der Waals surface area contributed by atoms with Crippen molar-refractivity contribution in [2.24, 2.45) is 17.1 Å². The second-order valence-electron chi connectivity index (χ2n) is 6.39. The van der Waals surface area contributed by atoms with Crippen molar-refractivity contribution in [2.75, 3.05) is 13.1 Å². The molecule has 0 radical (unpaired) electrons. The van der Waals surface area contributed by atoms with Crippen LogP contribution in [-0.4, -0.2) is 41.0 Å². The van der Waals surface area contributed by atoms with E-state index in [0.717, 1.165) is 25.7 Å². The van der Waals surface area contributed by atoms with E-state index in [9.17, 15) is 14.7 Å². The molecule has 1 saturated heterocycles. The van der Waals surface area contributed by atoms with E-state index in [2.05, 4.69) is 0 Å². The van der Waals surface area contributed by atoms with Gasteiger partial charge < -0.3 is 15.7 Å². The molecule has 0 spiro atoms. The van der Waals surface area contributed by atoms with E-state index in [1.54, 1.807) is 0 Å². The minimum absolute atomic E-state index is 0.0534. The van der Waals surface area contributed by atoms with E-state index >= 15 is 0 Å². The summed E-state index contributed by atoms with van der Waals surface area (Å²) in [5, 5.41) is 9.38. The molecule has 5 nitrogen and oxygen atoms in total. The number of aliphatic carboxylic acids is 1. The maximum atomic E-state index is 12.5. The van der Waals surface area contributed by atoms with Crippen molar-refractivity contribution in [1.82, 2.24) is 4.90 Å². The van der Waals surface area contributed by atoms with Gasteiger partial charge in [0.05, 0.1) is 5.41 Å². The van der Waals surface area contributed by atoms with Crippen LogP contribution >= 0.6 is 0 Å². The number of nitrogens with two attached hydrogens (primary N) is 1. The highest BCUT2D eigenvalue weighted by Crippen LogP contribution is 2.36. The fourth-order valence-electron chi connectivity index (χ4n) is 3.58. The van der Waals surface area contributed by atoms with E-state index in [1.165, 1.54) is 0 Å². The zero-order valence-corrected chi connectivity index (χ0v) is 12.3. The smallest absolute Gasteiger partial charge is 0.309 e. The monoisotopic (exact) mass is 282 g/mol. The van der Waals surface area contributed by atoms with Crippen LogP contribution in [0.2, 0.25) is 0 Å². The second kappa shape index (κ2) is 6.12. The number of carboxylic acids is 1. The number of amides is 1. The van der Waals surface area contributed by atoms with Gasteiger partial charge in [0.25, 0.3) is 0 Å². The minimum Gasteiger partial charge on any atom is -0.481 e. The van der Waals surface area contributed by atoms with Crippen LogP contribution in [0.3, 0.4) is 0 Å². The van der Waals surface area contributed by atoms with Crippen molar-refractivity contribution in [3.05, 3.63) is 0 Å². The number of hydrogen-bond acceptors (Lipinski definition) is 3. The average molecular weight is 282 g/mol. The first-order valence-corrected chi connectivity index (χ1v) is 7.76. The number of carbonyl (C=O) groups excluding carboxylic acids is 1. The van der Waals surface area contributed by atoms with Gasteiger partial charge in [0.15, 0.2) is 0 Å².